The van der Waals surface area contributed by atoms with E-state index in [1.807, 2.05) is 6.08 Å². The summed E-state index contributed by atoms with van der Waals surface area (Å²) in [6.07, 6.45) is 3.85. The Morgan fingerprint density at radius 1 is 1.53 bits per heavy atom. The number of carboxylic acid groups (broad SMARTS) is 1. The number of hydrogen-bond donors (Lipinski definition) is 2. The van der Waals surface area contributed by atoms with Crippen molar-refractivity contribution in [1.82, 2.24) is 5.32 Å². The summed E-state index contributed by atoms with van der Waals surface area (Å²) in [7, 11) is 0. The lowest BCUT2D eigenvalue weighted by molar-refractivity contribution is -0.142. The van der Waals surface area contributed by atoms with Crippen LogP contribution < -0.4 is 5.32 Å². The van der Waals surface area contributed by atoms with Crippen LogP contribution in [0.25, 0.3) is 0 Å². The van der Waals surface area contributed by atoms with Gasteiger partial charge in [0.15, 0.2) is 0 Å². The molecule has 1 rings (SSSR count). The number of rotatable bonds is 6. The standard InChI is InChI=1S/C14H23NO4/c1-5-6-7-9-8-10(9)19-13(18)15-11(12(16)17)14(2,3)4/h5,9-11H,1,6-8H2,2-4H3,(H,15,18)(H,16,17)/t9?,10-,11-/m1/s1. The van der Waals surface area contributed by atoms with Crippen LogP contribution in [0.3, 0.4) is 0 Å². The molecule has 1 saturated carbocycles. The fourth-order valence-electron chi connectivity index (χ4n) is 1.94. The summed E-state index contributed by atoms with van der Waals surface area (Å²) in [6, 6.07) is -0.953. The molecule has 0 aromatic carbocycles. The van der Waals surface area contributed by atoms with Crippen molar-refractivity contribution in [2.75, 3.05) is 0 Å². The van der Waals surface area contributed by atoms with Crippen molar-refractivity contribution in [3.05, 3.63) is 12.7 Å². The van der Waals surface area contributed by atoms with Gasteiger partial charge in [-0.25, -0.2) is 9.59 Å². The molecule has 1 aliphatic rings. The Morgan fingerprint density at radius 2 is 2.16 bits per heavy atom. The first kappa shape index (κ1) is 15.5. The lowest BCUT2D eigenvalue weighted by Gasteiger charge is -2.27. The molecule has 108 valence electrons. The van der Waals surface area contributed by atoms with E-state index >= 15 is 0 Å². The number of carbonyl (C=O) groups is 2. The van der Waals surface area contributed by atoms with Crippen molar-refractivity contribution in [2.24, 2.45) is 11.3 Å². The van der Waals surface area contributed by atoms with E-state index in [4.69, 9.17) is 9.84 Å². The van der Waals surface area contributed by atoms with Crippen molar-refractivity contribution in [1.29, 1.82) is 0 Å². The predicted molar refractivity (Wildman–Crippen MR) is 71.8 cm³/mol. The molecule has 5 nitrogen and oxygen atoms in total. The highest BCUT2D eigenvalue weighted by molar-refractivity contribution is 5.80. The molecule has 0 bridgehead atoms. The van der Waals surface area contributed by atoms with Gasteiger partial charge in [-0.2, -0.15) is 0 Å². The lowest BCUT2D eigenvalue weighted by atomic mass is 9.87. The maximum atomic E-state index is 11.7. The van der Waals surface area contributed by atoms with Gasteiger partial charge < -0.3 is 15.2 Å². The van der Waals surface area contributed by atoms with Crippen molar-refractivity contribution < 1.29 is 19.4 Å². The van der Waals surface area contributed by atoms with Gasteiger partial charge in [0.1, 0.15) is 12.1 Å². The number of allylic oxidation sites excluding steroid dienone is 1. The molecule has 19 heavy (non-hydrogen) atoms. The van der Waals surface area contributed by atoms with E-state index < -0.39 is 23.5 Å². The van der Waals surface area contributed by atoms with Crippen LogP contribution in [-0.4, -0.2) is 29.3 Å². The third-order valence-electron chi connectivity index (χ3n) is 3.23. The lowest BCUT2D eigenvalue weighted by Crippen LogP contribution is -2.49. The number of nitrogens with one attached hydrogen (secondary N) is 1. The maximum absolute atomic E-state index is 11.7. The molecule has 1 fully saturated rings. The summed E-state index contributed by atoms with van der Waals surface area (Å²) in [4.78, 5) is 22.8. The Labute approximate surface area is 114 Å². The number of alkyl carbamates (subject to hydrolysis) is 1. The van der Waals surface area contributed by atoms with Crippen molar-refractivity contribution in [3.8, 4) is 0 Å². The molecule has 0 aliphatic heterocycles. The van der Waals surface area contributed by atoms with Crippen LogP contribution in [0.15, 0.2) is 12.7 Å². The minimum atomic E-state index is -1.05. The van der Waals surface area contributed by atoms with Gasteiger partial charge in [0.05, 0.1) is 0 Å². The van der Waals surface area contributed by atoms with E-state index in [2.05, 4.69) is 11.9 Å². The number of carbonyl (C=O) groups excluding carboxylic acids is 1. The highest BCUT2D eigenvalue weighted by atomic mass is 16.6. The molecule has 2 N–H and O–H groups in total. The zero-order valence-electron chi connectivity index (χ0n) is 11.8. The van der Waals surface area contributed by atoms with Crippen LogP contribution in [0.4, 0.5) is 4.79 Å². The van der Waals surface area contributed by atoms with Crippen LogP contribution in [0.2, 0.25) is 0 Å². The zero-order valence-corrected chi connectivity index (χ0v) is 11.8. The SMILES string of the molecule is C=CCCC1C[C@H]1OC(=O)N[C@H](C(=O)O)C(C)(C)C. The van der Waals surface area contributed by atoms with Crippen LogP contribution in [-0.2, 0) is 9.53 Å². The first-order chi connectivity index (χ1) is 8.75. The quantitative estimate of drug-likeness (QED) is 0.727. The van der Waals surface area contributed by atoms with Crippen LogP contribution in [0.1, 0.15) is 40.0 Å². The maximum Gasteiger partial charge on any atom is 0.408 e. The molecule has 1 amide bonds. The molecule has 5 heteroatoms. The minimum absolute atomic E-state index is 0.0747. The summed E-state index contributed by atoms with van der Waals surface area (Å²) in [5.74, 6) is -0.662. The van der Waals surface area contributed by atoms with Crippen molar-refractivity contribution in [2.45, 2.75) is 52.2 Å². The third kappa shape index (κ3) is 4.93. The third-order valence-corrected chi connectivity index (χ3v) is 3.23. The fraction of sp³-hybridized carbons (Fsp3) is 0.714. The average molecular weight is 269 g/mol. The first-order valence-corrected chi connectivity index (χ1v) is 6.56. The highest BCUT2D eigenvalue weighted by Crippen LogP contribution is 2.37. The van der Waals surface area contributed by atoms with E-state index in [1.54, 1.807) is 20.8 Å². The van der Waals surface area contributed by atoms with E-state index in [0.29, 0.717) is 5.92 Å². The van der Waals surface area contributed by atoms with E-state index in [1.165, 1.54) is 0 Å². The molecule has 0 radical (unpaired) electrons. The predicted octanol–water partition coefficient (Wildman–Crippen LogP) is 2.57. The number of amides is 1. The minimum Gasteiger partial charge on any atom is -0.480 e. The van der Waals surface area contributed by atoms with Gasteiger partial charge in [-0.3, -0.25) is 0 Å². The summed E-state index contributed by atoms with van der Waals surface area (Å²) in [5.41, 5.74) is -0.559. The number of aliphatic carboxylic acids is 1. The van der Waals surface area contributed by atoms with Gasteiger partial charge in [-0.05, 0) is 30.6 Å². The molecule has 0 aromatic heterocycles. The van der Waals surface area contributed by atoms with E-state index in [9.17, 15) is 9.59 Å². The second-order valence-electron chi connectivity index (χ2n) is 6.09. The summed E-state index contributed by atoms with van der Waals surface area (Å²) in [5, 5.41) is 11.5. The van der Waals surface area contributed by atoms with Gasteiger partial charge >= 0.3 is 12.1 Å². The van der Waals surface area contributed by atoms with E-state index in [-0.39, 0.29) is 6.10 Å². The van der Waals surface area contributed by atoms with Gasteiger partial charge in [0.25, 0.3) is 0 Å². The Bertz CT molecular complexity index is 359. The van der Waals surface area contributed by atoms with Gasteiger partial charge in [0, 0.05) is 0 Å². The largest absolute Gasteiger partial charge is 0.480 e. The number of carboxylic acids is 1. The van der Waals surface area contributed by atoms with Crippen molar-refractivity contribution >= 4 is 12.1 Å². The highest BCUT2D eigenvalue weighted by Gasteiger charge is 2.41. The number of hydrogen-bond acceptors (Lipinski definition) is 3. The Hall–Kier alpha value is -1.52. The zero-order chi connectivity index (χ0) is 14.6. The van der Waals surface area contributed by atoms with Crippen molar-refractivity contribution in [3.63, 3.8) is 0 Å². The van der Waals surface area contributed by atoms with E-state index in [0.717, 1.165) is 19.3 Å². The fourth-order valence-corrected chi connectivity index (χ4v) is 1.94. The van der Waals surface area contributed by atoms with Crippen LogP contribution in [0.5, 0.6) is 0 Å². The van der Waals surface area contributed by atoms with Gasteiger partial charge in [-0.15, -0.1) is 6.58 Å². The van der Waals surface area contributed by atoms with Crippen LogP contribution in [0, 0.1) is 11.3 Å². The molecule has 0 saturated heterocycles. The van der Waals surface area contributed by atoms with Gasteiger partial charge in [0.2, 0.25) is 0 Å². The molecular formula is C14H23NO4. The summed E-state index contributed by atoms with van der Waals surface area (Å²) >= 11 is 0. The Kier molecular flexibility index (Phi) is 4.97. The second kappa shape index (κ2) is 6.08. The number of ether oxygens (including phenoxy) is 1. The Balaban J connectivity index is 2.39. The molecular weight excluding hydrogens is 246 g/mol. The van der Waals surface area contributed by atoms with Crippen LogP contribution >= 0.6 is 0 Å². The molecule has 0 spiro atoms. The average Bonchev–Trinajstić information content (AvgIpc) is 2.99. The smallest absolute Gasteiger partial charge is 0.408 e. The second-order valence-corrected chi connectivity index (χ2v) is 6.09. The summed E-state index contributed by atoms with van der Waals surface area (Å²) < 4.78 is 5.20. The Morgan fingerprint density at radius 3 is 2.63 bits per heavy atom. The first-order valence-electron chi connectivity index (χ1n) is 6.56. The molecule has 3 atom stereocenters. The topological polar surface area (TPSA) is 75.6 Å². The monoisotopic (exact) mass is 269 g/mol. The molecule has 0 heterocycles. The molecule has 0 aromatic rings. The molecule has 1 unspecified atom stereocenters. The summed E-state index contributed by atoms with van der Waals surface area (Å²) in [6.45, 7) is 8.93. The van der Waals surface area contributed by atoms with Gasteiger partial charge in [-0.1, -0.05) is 26.8 Å². The normalized spacial score (nSPS) is 23.3. The molecule has 1 aliphatic carbocycles.